The lowest BCUT2D eigenvalue weighted by Gasteiger charge is -2.47. The molecule has 2 fully saturated rings. The molecule has 1 aliphatic carbocycles. The van der Waals surface area contributed by atoms with Crippen molar-refractivity contribution in [2.45, 2.75) is 44.2 Å². The van der Waals surface area contributed by atoms with E-state index in [0.717, 1.165) is 44.3 Å². The molecule has 0 radical (unpaired) electrons. The number of carboxylic acid groups (broad SMARTS) is 1. The van der Waals surface area contributed by atoms with Gasteiger partial charge in [-0.15, -0.1) is 0 Å². The third-order valence-corrected chi connectivity index (χ3v) is 4.84. The molecule has 6 heteroatoms. The minimum Gasteiger partial charge on any atom is -0.477 e. The van der Waals surface area contributed by atoms with Crippen LogP contribution in [-0.2, 0) is 6.54 Å². The first-order valence-electron chi connectivity index (χ1n) is 7.29. The van der Waals surface area contributed by atoms with Gasteiger partial charge in [0.1, 0.15) is 5.69 Å². The van der Waals surface area contributed by atoms with Crippen LogP contribution in [0.3, 0.4) is 0 Å². The first-order valence-corrected chi connectivity index (χ1v) is 7.29. The molecule has 0 spiro atoms. The van der Waals surface area contributed by atoms with Crippen molar-refractivity contribution in [3.63, 3.8) is 0 Å². The number of carbonyl (C=O) groups is 1. The summed E-state index contributed by atoms with van der Waals surface area (Å²) < 4.78 is 0. The Morgan fingerprint density at radius 1 is 1.50 bits per heavy atom. The highest BCUT2D eigenvalue weighted by molar-refractivity contribution is 5.86. The molecule has 0 unspecified atom stereocenters. The van der Waals surface area contributed by atoms with Crippen molar-refractivity contribution in [3.05, 3.63) is 17.5 Å². The Labute approximate surface area is 117 Å². The number of aromatic amines is 1. The van der Waals surface area contributed by atoms with Gasteiger partial charge in [0.25, 0.3) is 0 Å². The summed E-state index contributed by atoms with van der Waals surface area (Å²) in [5.41, 5.74) is 0.411. The summed E-state index contributed by atoms with van der Waals surface area (Å²) in [5.74, 6) is -0.645. The maximum Gasteiger partial charge on any atom is 0.354 e. The molecule has 3 N–H and O–H groups in total. The van der Waals surface area contributed by atoms with Crippen molar-refractivity contribution in [2.75, 3.05) is 13.1 Å². The number of H-pyrrole nitrogens is 1. The monoisotopic (exact) mass is 279 g/mol. The van der Waals surface area contributed by atoms with Crippen LogP contribution in [0.25, 0.3) is 0 Å². The zero-order valence-electron chi connectivity index (χ0n) is 11.5. The van der Waals surface area contributed by atoms with Crippen molar-refractivity contribution >= 4 is 5.97 Å². The number of aromatic nitrogens is 2. The summed E-state index contributed by atoms with van der Waals surface area (Å²) in [6.45, 7) is 2.25. The Bertz CT molecular complexity index is 502. The first-order chi connectivity index (χ1) is 9.58. The third-order valence-electron chi connectivity index (χ3n) is 4.84. The van der Waals surface area contributed by atoms with Gasteiger partial charge >= 0.3 is 5.97 Å². The number of aromatic carboxylic acids is 1. The van der Waals surface area contributed by atoms with Gasteiger partial charge in [-0.05, 0) is 19.3 Å². The van der Waals surface area contributed by atoms with E-state index < -0.39 is 11.6 Å². The van der Waals surface area contributed by atoms with Crippen LogP contribution in [0, 0.1) is 5.92 Å². The lowest BCUT2D eigenvalue weighted by molar-refractivity contribution is -0.0968. The number of hydrogen-bond donors (Lipinski definition) is 3. The number of nitrogens with one attached hydrogen (secondary N) is 1. The number of nitrogens with zero attached hydrogens (tertiary/aromatic N) is 2. The van der Waals surface area contributed by atoms with E-state index in [9.17, 15) is 9.90 Å². The van der Waals surface area contributed by atoms with Crippen molar-refractivity contribution in [1.29, 1.82) is 0 Å². The molecule has 0 amide bonds. The fourth-order valence-corrected chi connectivity index (χ4v) is 3.64. The summed E-state index contributed by atoms with van der Waals surface area (Å²) in [4.78, 5) is 13.3. The highest BCUT2D eigenvalue weighted by Gasteiger charge is 2.42. The van der Waals surface area contributed by atoms with Gasteiger partial charge in [0.15, 0.2) is 0 Å². The zero-order valence-corrected chi connectivity index (χ0v) is 11.5. The van der Waals surface area contributed by atoms with Gasteiger partial charge in [0.05, 0.1) is 11.8 Å². The van der Waals surface area contributed by atoms with E-state index in [2.05, 4.69) is 15.1 Å². The van der Waals surface area contributed by atoms with E-state index in [4.69, 9.17) is 5.11 Å². The number of likely N-dealkylation sites (tertiary alicyclic amines) is 1. The number of aliphatic hydroxyl groups is 1. The molecule has 2 atom stereocenters. The zero-order chi connectivity index (χ0) is 14.2. The normalized spacial score (nSPS) is 30.9. The van der Waals surface area contributed by atoms with Crippen LogP contribution in [0.2, 0.25) is 0 Å². The van der Waals surface area contributed by atoms with E-state index in [1.807, 2.05) is 0 Å². The van der Waals surface area contributed by atoms with Crippen LogP contribution in [0.5, 0.6) is 0 Å². The Balaban J connectivity index is 1.68. The number of carboxylic acids is 1. The van der Waals surface area contributed by atoms with Crippen molar-refractivity contribution < 1.29 is 15.0 Å². The minimum atomic E-state index is -0.969. The Morgan fingerprint density at radius 2 is 2.35 bits per heavy atom. The average Bonchev–Trinajstić information content (AvgIpc) is 2.87. The molecule has 110 valence electrons. The van der Waals surface area contributed by atoms with Gasteiger partial charge in [0.2, 0.25) is 0 Å². The van der Waals surface area contributed by atoms with Crippen LogP contribution in [0.15, 0.2) is 6.20 Å². The third kappa shape index (κ3) is 2.45. The maximum atomic E-state index is 11.1. The van der Waals surface area contributed by atoms with Gasteiger partial charge in [-0.3, -0.25) is 10.00 Å². The van der Waals surface area contributed by atoms with Crippen molar-refractivity contribution in [3.8, 4) is 0 Å². The second-order valence-electron chi connectivity index (χ2n) is 6.11. The molecule has 6 nitrogen and oxygen atoms in total. The van der Waals surface area contributed by atoms with Crippen LogP contribution in [-0.4, -0.2) is 50.0 Å². The molecule has 2 aliphatic rings. The van der Waals surface area contributed by atoms with Gasteiger partial charge in [-0.25, -0.2) is 4.79 Å². The summed E-state index contributed by atoms with van der Waals surface area (Å²) in [6, 6.07) is 0. The average molecular weight is 279 g/mol. The van der Waals surface area contributed by atoms with Crippen molar-refractivity contribution in [1.82, 2.24) is 15.1 Å². The first kappa shape index (κ1) is 13.6. The molecular weight excluding hydrogens is 258 g/mol. The second-order valence-corrected chi connectivity index (χ2v) is 6.11. The van der Waals surface area contributed by atoms with Gasteiger partial charge in [0, 0.05) is 31.1 Å². The fraction of sp³-hybridized carbons (Fsp3) is 0.714. The largest absolute Gasteiger partial charge is 0.477 e. The Hall–Kier alpha value is -1.40. The molecule has 1 aromatic heterocycles. The fourth-order valence-electron chi connectivity index (χ4n) is 3.64. The topological polar surface area (TPSA) is 89.4 Å². The Kier molecular flexibility index (Phi) is 3.52. The predicted molar refractivity (Wildman–Crippen MR) is 72.3 cm³/mol. The molecule has 0 bridgehead atoms. The molecule has 3 rings (SSSR count). The lowest BCUT2D eigenvalue weighted by atomic mass is 9.71. The molecule has 1 saturated heterocycles. The van der Waals surface area contributed by atoms with Gasteiger partial charge in [-0.2, -0.15) is 5.10 Å². The number of hydrogen-bond acceptors (Lipinski definition) is 4. The molecular formula is C14H21N3O3. The van der Waals surface area contributed by atoms with Gasteiger partial charge < -0.3 is 10.2 Å². The van der Waals surface area contributed by atoms with Gasteiger partial charge in [-0.1, -0.05) is 12.8 Å². The molecule has 20 heavy (non-hydrogen) atoms. The van der Waals surface area contributed by atoms with E-state index in [1.165, 1.54) is 6.42 Å². The van der Waals surface area contributed by atoms with Crippen LogP contribution in [0.1, 0.15) is 48.2 Å². The summed E-state index contributed by atoms with van der Waals surface area (Å²) in [5, 5.41) is 26.1. The van der Waals surface area contributed by atoms with Crippen LogP contribution < -0.4 is 0 Å². The van der Waals surface area contributed by atoms with Crippen LogP contribution >= 0.6 is 0 Å². The van der Waals surface area contributed by atoms with Crippen molar-refractivity contribution in [2.24, 2.45) is 5.92 Å². The minimum absolute atomic E-state index is 0.175. The second kappa shape index (κ2) is 5.18. The summed E-state index contributed by atoms with van der Waals surface area (Å²) >= 11 is 0. The quantitative estimate of drug-likeness (QED) is 0.774. The van der Waals surface area contributed by atoms with Crippen LogP contribution in [0.4, 0.5) is 0 Å². The molecule has 1 aliphatic heterocycles. The number of piperidine rings is 1. The van der Waals surface area contributed by atoms with E-state index in [1.54, 1.807) is 6.20 Å². The SMILES string of the molecule is O=C(O)c1[nH]ncc1CN1CC[C@@]2(O)CCCC[C@H]2C1. The molecule has 0 aromatic carbocycles. The highest BCUT2D eigenvalue weighted by Crippen LogP contribution is 2.40. The highest BCUT2D eigenvalue weighted by atomic mass is 16.4. The Morgan fingerprint density at radius 3 is 3.15 bits per heavy atom. The number of rotatable bonds is 3. The number of fused-ring (bicyclic) bond motifs is 1. The lowest BCUT2D eigenvalue weighted by Crippen LogP contribution is -2.53. The summed E-state index contributed by atoms with van der Waals surface area (Å²) in [6.07, 6.45) is 6.68. The van der Waals surface area contributed by atoms with E-state index >= 15 is 0 Å². The van der Waals surface area contributed by atoms with E-state index in [0.29, 0.717) is 12.5 Å². The predicted octanol–water partition coefficient (Wildman–Crippen LogP) is 1.23. The molecule has 1 aromatic rings. The smallest absolute Gasteiger partial charge is 0.354 e. The summed E-state index contributed by atoms with van der Waals surface area (Å²) in [7, 11) is 0. The maximum absolute atomic E-state index is 11.1. The van der Waals surface area contributed by atoms with E-state index in [-0.39, 0.29) is 5.69 Å². The standard InChI is InChI=1S/C14H21N3O3/c18-13(19)12-10(7-15-16-12)8-17-6-5-14(20)4-2-1-3-11(14)9-17/h7,11,20H,1-6,8-9H2,(H,15,16)(H,18,19)/t11-,14-/m0/s1. The molecule has 2 heterocycles. The molecule has 1 saturated carbocycles.